The van der Waals surface area contributed by atoms with Crippen molar-refractivity contribution in [3.05, 3.63) is 18.3 Å². The molecule has 1 aromatic rings. The maximum absolute atomic E-state index is 9.50. The smallest absolute Gasteiger partial charge is 0.168 e. The molecular weight excluding hydrogens is 190 g/mol. The van der Waals surface area contributed by atoms with Gasteiger partial charge in [0.2, 0.25) is 0 Å². The number of nitrogens with zero attached hydrogens (tertiary/aromatic N) is 1. The van der Waals surface area contributed by atoms with E-state index in [2.05, 4.69) is 15.6 Å². The van der Waals surface area contributed by atoms with Gasteiger partial charge in [0.05, 0.1) is 0 Å². The molecule has 1 aliphatic rings. The van der Waals surface area contributed by atoms with Crippen LogP contribution in [0.4, 0.5) is 5.82 Å². The minimum Gasteiger partial charge on any atom is -0.504 e. The van der Waals surface area contributed by atoms with E-state index >= 15 is 0 Å². The molecule has 1 aromatic heterocycles. The maximum Gasteiger partial charge on any atom is 0.168 e. The summed E-state index contributed by atoms with van der Waals surface area (Å²) >= 11 is 0. The summed E-state index contributed by atoms with van der Waals surface area (Å²) in [6.45, 7) is 3.09. The van der Waals surface area contributed by atoms with Crippen LogP contribution in [0.5, 0.6) is 5.75 Å². The first-order chi connectivity index (χ1) is 7.36. The minimum absolute atomic E-state index is 0.228. The molecule has 3 N–H and O–H groups in total. The van der Waals surface area contributed by atoms with Crippen molar-refractivity contribution in [1.82, 2.24) is 10.3 Å². The molecule has 0 atom stereocenters. The zero-order chi connectivity index (χ0) is 10.5. The highest BCUT2D eigenvalue weighted by molar-refractivity contribution is 5.48. The maximum atomic E-state index is 9.50. The number of hydrogen-bond donors (Lipinski definition) is 3. The molecule has 0 bridgehead atoms. The largest absolute Gasteiger partial charge is 0.504 e. The van der Waals surface area contributed by atoms with Gasteiger partial charge in [0, 0.05) is 12.7 Å². The standard InChI is InChI=1S/C11H17N3O/c15-10-2-1-5-13-11(10)14-8-9-3-6-12-7-4-9/h1-2,5,9,12,15H,3-4,6-8H2,(H,13,14). The second kappa shape index (κ2) is 4.98. The number of aromatic hydroxyl groups is 1. The van der Waals surface area contributed by atoms with E-state index in [0.717, 1.165) is 19.6 Å². The van der Waals surface area contributed by atoms with Crippen molar-refractivity contribution < 1.29 is 5.11 Å². The Bertz CT molecular complexity index is 310. The highest BCUT2D eigenvalue weighted by Crippen LogP contribution is 2.20. The lowest BCUT2D eigenvalue weighted by Gasteiger charge is -2.23. The Kier molecular flexibility index (Phi) is 3.40. The van der Waals surface area contributed by atoms with E-state index < -0.39 is 0 Å². The van der Waals surface area contributed by atoms with Gasteiger partial charge in [-0.2, -0.15) is 0 Å². The fourth-order valence-electron chi connectivity index (χ4n) is 1.86. The lowest BCUT2D eigenvalue weighted by molar-refractivity contribution is 0.388. The van der Waals surface area contributed by atoms with E-state index in [-0.39, 0.29) is 5.75 Å². The SMILES string of the molecule is Oc1cccnc1NCC1CCNCC1. The summed E-state index contributed by atoms with van der Waals surface area (Å²) in [6.07, 6.45) is 4.08. The van der Waals surface area contributed by atoms with Crippen molar-refractivity contribution in [3.8, 4) is 5.75 Å². The van der Waals surface area contributed by atoms with Crippen molar-refractivity contribution in [1.29, 1.82) is 0 Å². The van der Waals surface area contributed by atoms with Crippen LogP contribution in [0, 0.1) is 5.92 Å². The Morgan fingerprint density at radius 1 is 1.47 bits per heavy atom. The zero-order valence-corrected chi connectivity index (χ0v) is 8.74. The molecule has 0 spiro atoms. The lowest BCUT2D eigenvalue weighted by Crippen LogP contribution is -2.31. The normalized spacial score (nSPS) is 17.6. The summed E-state index contributed by atoms with van der Waals surface area (Å²) in [7, 11) is 0. The molecule has 1 aliphatic heterocycles. The van der Waals surface area contributed by atoms with E-state index in [1.54, 1.807) is 18.3 Å². The monoisotopic (exact) mass is 207 g/mol. The number of hydrogen-bond acceptors (Lipinski definition) is 4. The van der Waals surface area contributed by atoms with Gasteiger partial charge in [-0.05, 0) is 44.0 Å². The Labute approximate surface area is 89.7 Å². The molecule has 1 fully saturated rings. The van der Waals surface area contributed by atoms with Crippen LogP contribution in [0.25, 0.3) is 0 Å². The van der Waals surface area contributed by atoms with Crippen molar-refractivity contribution >= 4 is 5.82 Å². The fraction of sp³-hybridized carbons (Fsp3) is 0.545. The van der Waals surface area contributed by atoms with Gasteiger partial charge in [0.25, 0.3) is 0 Å². The molecule has 0 unspecified atom stereocenters. The Morgan fingerprint density at radius 2 is 2.27 bits per heavy atom. The van der Waals surface area contributed by atoms with Crippen LogP contribution in [0.15, 0.2) is 18.3 Å². The van der Waals surface area contributed by atoms with Crippen LogP contribution < -0.4 is 10.6 Å². The molecule has 15 heavy (non-hydrogen) atoms. The third kappa shape index (κ3) is 2.83. The van der Waals surface area contributed by atoms with Gasteiger partial charge in [-0.3, -0.25) is 0 Å². The van der Waals surface area contributed by atoms with E-state index in [1.165, 1.54) is 12.8 Å². The molecule has 4 heteroatoms. The molecule has 4 nitrogen and oxygen atoms in total. The Morgan fingerprint density at radius 3 is 3.00 bits per heavy atom. The van der Waals surface area contributed by atoms with Crippen LogP contribution in [-0.4, -0.2) is 29.7 Å². The first kappa shape index (κ1) is 10.2. The fourth-order valence-corrected chi connectivity index (χ4v) is 1.86. The van der Waals surface area contributed by atoms with Gasteiger partial charge in [-0.1, -0.05) is 0 Å². The Balaban J connectivity index is 1.84. The quantitative estimate of drug-likeness (QED) is 0.697. The first-order valence-corrected chi connectivity index (χ1v) is 5.45. The van der Waals surface area contributed by atoms with Crippen LogP contribution in [0.2, 0.25) is 0 Å². The second-order valence-electron chi connectivity index (χ2n) is 3.95. The average molecular weight is 207 g/mol. The van der Waals surface area contributed by atoms with E-state index in [4.69, 9.17) is 0 Å². The van der Waals surface area contributed by atoms with E-state index in [1.807, 2.05) is 0 Å². The van der Waals surface area contributed by atoms with Crippen LogP contribution >= 0.6 is 0 Å². The summed E-state index contributed by atoms with van der Waals surface area (Å²) in [4.78, 5) is 4.09. The van der Waals surface area contributed by atoms with Crippen molar-refractivity contribution in [2.75, 3.05) is 25.0 Å². The van der Waals surface area contributed by atoms with Crippen molar-refractivity contribution in [2.45, 2.75) is 12.8 Å². The van der Waals surface area contributed by atoms with Gasteiger partial charge in [0.15, 0.2) is 11.6 Å². The van der Waals surface area contributed by atoms with Crippen LogP contribution in [-0.2, 0) is 0 Å². The van der Waals surface area contributed by atoms with Crippen LogP contribution in [0.3, 0.4) is 0 Å². The molecule has 1 saturated heterocycles. The number of pyridine rings is 1. The number of anilines is 1. The van der Waals surface area contributed by atoms with Gasteiger partial charge in [-0.25, -0.2) is 4.98 Å². The molecule has 0 saturated carbocycles. The molecule has 0 aromatic carbocycles. The molecule has 2 rings (SSSR count). The predicted molar refractivity (Wildman–Crippen MR) is 60.0 cm³/mol. The van der Waals surface area contributed by atoms with Crippen molar-refractivity contribution in [3.63, 3.8) is 0 Å². The summed E-state index contributed by atoms with van der Waals surface area (Å²) < 4.78 is 0. The summed E-state index contributed by atoms with van der Waals surface area (Å²) in [5.74, 6) is 1.51. The lowest BCUT2D eigenvalue weighted by atomic mass is 9.98. The third-order valence-corrected chi connectivity index (χ3v) is 2.80. The molecule has 0 radical (unpaired) electrons. The number of nitrogens with one attached hydrogen (secondary N) is 2. The van der Waals surface area contributed by atoms with Gasteiger partial charge < -0.3 is 15.7 Å². The number of piperidine rings is 1. The van der Waals surface area contributed by atoms with Crippen molar-refractivity contribution in [2.24, 2.45) is 5.92 Å². The predicted octanol–water partition coefficient (Wildman–Crippen LogP) is 1.20. The molecule has 82 valence electrons. The van der Waals surface area contributed by atoms with Crippen LogP contribution in [0.1, 0.15) is 12.8 Å². The van der Waals surface area contributed by atoms with Gasteiger partial charge in [-0.15, -0.1) is 0 Å². The minimum atomic E-state index is 0.228. The van der Waals surface area contributed by atoms with Gasteiger partial charge >= 0.3 is 0 Å². The van der Waals surface area contributed by atoms with E-state index in [0.29, 0.717) is 11.7 Å². The summed E-state index contributed by atoms with van der Waals surface area (Å²) in [5.41, 5.74) is 0. The molecular formula is C11H17N3O. The summed E-state index contributed by atoms with van der Waals surface area (Å²) in [5, 5.41) is 16.0. The zero-order valence-electron chi connectivity index (χ0n) is 8.74. The second-order valence-corrected chi connectivity index (χ2v) is 3.95. The van der Waals surface area contributed by atoms with E-state index in [9.17, 15) is 5.11 Å². The third-order valence-electron chi connectivity index (χ3n) is 2.80. The molecule has 0 amide bonds. The van der Waals surface area contributed by atoms with Gasteiger partial charge in [0.1, 0.15) is 0 Å². The topological polar surface area (TPSA) is 57.2 Å². The first-order valence-electron chi connectivity index (χ1n) is 5.45. The highest BCUT2D eigenvalue weighted by atomic mass is 16.3. The average Bonchev–Trinajstić information content (AvgIpc) is 2.29. The molecule has 2 heterocycles. The number of rotatable bonds is 3. The number of aromatic nitrogens is 1. The Hall–Kier alpha value is -1.29. The molecule has 0 aliphatic carbocycles. The highest BCUT2D eigenvalue weighted by Gasteiger charge is 2.13. The summed E-state index contributed by atoms with van der Waals surface area (Å²) in [6, 6.07) is 3.38.